The molecule has 1 atom stereocenters. The zero-order valence-electron chi connectivity index (χ0n) is 11.2. The summed E-state index contributed by atoms with van der Waals surface area (Å²) in [6.45, 7) is 6.22. The van der Waals surface area contributed by atoms with E-state index < -0.39 is 0 Å². The van der Waals surface area contributed by atoms with Crippen molar-refractivity contribution in [3.63, 3.8) is 0 Å². The molecule has 0 N–H and O–H groups in total. The molecule has 1 aliphatic rings. The Bertz CT molecular complexity index is 429. The maximum absolute atomic E-state index is 6.33. The third kappa shape index (κ3) is 4.18. The Hall–Kier alpha value is -0.180. The average Bonchev–Trinajstić information content (AvgIpc) is 2.79. The van der Waals surface area contributed by atoms with Crippen molar-refractivity contribution in [1.82, 2.24) is 0 Å². The highest BCUT2D eigenvalue weighted by Gasteiger charge is 2.16. The minimum absolute atomic E-state index is 0.622. The lowest BCUT2D eigenvalue weighted by atomic mass is 9.92. The first-order valence-corrected chi connectivity index (χ1v) is 8.22. The molecule has 1 heterocycles. The van der Waals surface area contributed by atoms with Gasteiger partial charge in [-0.05, 0) is 30.9 Å². The number of halogens is 1. The summed E-state index contributed by atoms with van der Waals surface area (Å²) in [6, 6.07) is 4.11. The predicted octanol–water partition coefficient (Wildman–Crippen LogP) is 6.39. The standard InChI is InChI=1S/C13H15ClS2.C2H6/c1-2-3-9-4-5-10(11(14)8-9)12-6-7-13(15)16-12;1-2/h5-9,15H,2-4H2,1H3;1-2H3. The second-order valence-corrected chi connectivity index (χ2v) is 6.33. The van der Waals surface area contributed by atoms with Gasteiger partial charge in [0.15, 0.2) is 0 Å². The summed E-state index contributed by atoms with van der Waals surface area (Å²) in [7, 11) is 0. The van der Waals surface area contributed by atoms with E-state index in [0.29, 0.717) is 5.92 Å². The fourth-order valence-electron chi connectivity index (χ4n) is 1.99. The molecule has 0 nitrogen and oxygen atoms in total. The maximum Gasteiger partial charge on any atom is 0.0574 e. The largest absolute Gasteiger partial charge is 0.133 e. The monoisotopic (exact) mass is 300 g/mol. The molecule has 1 aliphatic carbocycles. The van der Waals surface area contributed by atoms with E-state index in [-0.39, 0.29) is 0 Å². The summed E-state index contributed by atoms with van der Waals surface area (Å²) in [4.78, 5) is 1.22. The highest BCUT2D eigenvalue weighted by Crippen LogP contribution is 2.37. The third-order valence-corrected chi connectivity index (χ3v) is 4.45. The van der Waals surface area contributed by atoms with Crippen molar-refractivity contribution in [3.8, 4) is 0 Å². The Morgan fingerprint density at radius 1 is 1.39 bits per heavy atom. The molecule has 0 spiro atoms. The van der Waals surface area contributed by atoms with Crippen molar-refractivity contribution in [3.05, 3.63) is 34.2 Å². The van der Waals surface area contributed by atoms with E-state index >= 15 is 0 Å². The smallest absolute Gasteiger partial charge is 0.0574 e. The Balaban J connectivity index is 0.000000771. The van der Waals surface area contributed by atoms with Crippen LogP contribution in [0.1, 0.15) is 44.9 Å². The zero-order chi connectivity index (χ0) is 13.5. The number of thiophene rings is 1. The second kappa shape index (κ2) is 8.08. The van der Waals surface area contributed by atoms with E-state index in [0.717, 1.165) is 15.7 Å². The van der Waals surface area contributed by atoms with Crippen LogP contribution in [0, 0.1) is 5.92 Å². The van der Waals surface area contributed by atoms with E-state index in [9.17, 15) is 0 Å². The van der Waals surface area contributed by atoms with Crippen LogP contribution in [0.3, 0.4) is 0 Å². The molecule has 2 rings (SSSR count). The van der Waals surface area contributed by atoms with Crippen LogP contribution in [0.15, 0.2) is 33.5 Å². The topological polar surface area (TPSA) is 0 Å². The Morgan fingerprint density at radius 3 is 2.61 bits per heavy atom. The van der Waals surface area contributed by atoms with Gasteiger partial charge in [-0.25, -0.2) is 0 Å². The Morgan fingerprint density at radius 2 is 2.11 bits per heavy atom. The van der Waals surface area contributed by atoms with Gasteiger partial charge < -0.3 is 0 Å². The van der Waals surface area contributed by atoms with Crippen molar-refractivity contribution in [1.29, 1.82) is 0 Å². The number of allylic oxidation sites excluding steroid dienone is 4. The number of thiol groups is 1. The van der Waals surface area contributed by atoms with E-state index in [2.05, 4.69) is 37.8 Å². The summed E-state index contributed by atoms with van der Waals surface area (Å²) < 4.78 is 1.04. The van der Waals surface area contributed by atoms with Gasteiger partial charge in [0.1, 0.15) is 0 Å². The van der Waals surface area contributed by atoms with Gasteiger partial charge in [0.25, 0.3) is 0 Å². The van der Waals surface area contributed by atoms with Crippen molar-refractivity contribution < 1.29 is 0 Å². The van der Waals surface area contributed by atoms with Crippen LogP contribution in [-0.4, -0.2) is 0 Å². The lowest BCUT2D eigenvalue weighted by Gasteiger charge is -2.17. The lowest BCUT2D eigenvalue weighted by molar-refractivity contribution is 0.584. The first kappa shape index (κ1) is 15.9. The van der Waals surface area contributed by atoms with Gasteiger partial charge in [-0.2, -0.15) is 0 Å². The molecular weight excluding hydrogens is 280 g/mol. The Kier molecular flexibility index (Phi) is 7.13. The molecule has 0 amide bonds. The van der Waals surface area contributed by atoms with Gasteiger partial charge in [-0.1, -0.05) is 50.9 Å². The molecule has 1 unspecified atom stereocenters. The first-order valence-electron chi connectivity index (χ1n) is 6.57. The molecule has 100 valence electrons. The second-order valence-electron chi connectivity index (χ2n) is 4.05. The molecular formula is C15H21ClS2. The normalized spacial score (nSPS) is 18.6. The van der Waals surface area contributed by atoms with Crippen LogP contribution in [-0.2, 0) is 0 Å². The minimum Gasteiger partial charge on any atom is -0.133 e. The molecule has 0 aromatic carbocycles. The van der Waals surface area contributed by atoms with Crippen LogP contribution in [0.2, 0.25) is 0 Å². The zero-order valence-corrected chi connectivity index (χ0v) is 13.7. The summed E-state index contributed by atoms with van der Waals surface area (Å²) in [5.74, 6) is 0.622. The van der Waals surface area contributed by atoms with Crippen molar-refractivity contribution >= 4 is 41.1 Å². The highest BCUT2D eigenvalue weighted by molar-refractivity contribution is 7.82. The van der Waals surface area contributed by atoms with Crippen LogP contribution < -0.4 is 0 Å². The van der Waals surface area contributed by atoms with Crippen LogP contribution in [0.5, 0.6) is 0 Å². The quantitative estimate of drug-likeness (QED) is 0.614. The number of hydrogen-bond donors (Lipinski definition) is 1. The summed E-state index contributed by atoms with van der Waals surface area (Å²) in [5.41, 5.74) is 1.18. The van der Waals surface area contributed by atoms with E-state index in [1.54, 1.807) is 11.3 Å². The molecule has 0 saturated heterocycles. The van der Waals surface area contributed by atoms with Crippen molar-refractivity contribution in [2.75, 3.05) is 0 Å². The van der Waals surface area contributed by atoms with E-state index in [1.807, 2.05) is 19.9 Å². The molecule has 0 saturated carbocycles. The molecule has 0 aliphatic heterocycles. The molecule has 0 bridgehead atoms. The Labute approximate surface area is 125 Å². The van der Waals surface area contributed by atoms with Gasteiger partial charge >= 0.3 is 0 Å². The van der Waals surface area contributed by atoms with Crippen LogP contribution >= 0.6 is 35.6 Å². The SMILES string of the molecule is CC.CCCC1C=C(Cl)C(c2ccc(S)s2)=CC1. The molecule has 1 aromatic rings. The van der Waals surface area contributed by atoms with Crippen LogP contribution in [0.25, 0.3) is 5.57 Å². The van der Waals surface area contributed by atoms with Crippen molar-refractivity contribution in [2.45, 2.75) is 44.2 Å². The fourth-order valence-corrected chi connectivity index (χ4v) is 3.58. The van der Waals surface area contributed by atoms with Gasteiger partial charge in [-0.3, -0.25) is 0 Å². The van der Waals surface area contributed by atoms with Gasteiger partial charge in [0.2, 0.25) is 0 Å². The average molecular weight is 301 g/mol. The molecule has 18 heavy (non-hydrogen) atoms. The van der Waals surface area contributed by atoms with Crippen LogP contribution in [0.4, 0.5) is 0 Å². The molecule has 1 aromatic heterocycles. The van der Waals surface area contributed by atoms with Crippen molar-refractivity contribution in [2.24, 2.45) is 5.92 Å². The summed E-state index contributed by atoms with van der Waals surface area (Å²) >= 11 is 12.3. The first-order chi connectivity index (χ1) is 8.70. The molecule has 3 heteroatoms. The summed E-state index contributed by atoms with van der Waals surface area (Å²) in [6.07, 6.45) is 8.02. The highest BCUT2D eigenvalue weighted by atomic mass is 35.5. The van der Waals surface area contributed by atoms with Gasteiger partial charge in [-0.15, -0.1) is 24.0 Å². The van der Waals surface area contributed by atoms with E-state index in [1.165, 1.54) is 23.3 Å². The third-order valence-electron chi connectivity index (χ3n) is 2.78. The number of rotatable bonds is 3. The summed E-state index contributed by atoms with van der Waals surface area (Å²) in [5, 5.41) is 0.903. The van der Waals surface area contributed by atoms with E-state index in [4.69, 9.17) is 11.6 Å². The minimum atomic E-state index is 0.622. The van der Waals surface area contributed by atoms with Gasteiger partial charge in [0.05, 0.1) is 4.21 Å². The molecule has 0 fully saturated rings. The predicted molar refractivity (Wildman–Crippen MR) is 87.8 cm³/mol. The fraction of sp³-hybridized carbons (Fsp3) is 0.467. The molecule has 0 radical (unpaired) electrons. The number of hydrogen-bond acceptors (Lipinski definition) is 2. The maximum atomic E-state index is 6.33. The van der Waals surface area contributed by atoms with Gasteiger partial charge in [0, 0.05) is 15.5 Å². The lowest BCUT2D eigenvalue weighted by Crippen LogP contribution is -2.01.